The minimum atomic E-state index is -2.96. The largest absolute Gasteiger partial charge is 0.493 e. The van der Waals surface area contributed by atoms with Gasteiger partial charge in [0.25, 0.3) is 0 Å². The third kappa shape index (κ3) is 4.97. The van der Waals surface area contributed by atoms with E-state index in [0.717, 1.165) is 19.3 Å². The average Bonchev–Trinajstić information content (AvgIpc) is 2.49. The van der Waals surface area contributed by atoms with E-state index in [1.54, 1.807) is 6.07 Å². The van der Waals surface area contributed by atoms with E-state index >= 15 is 0 Å². The summed E-state index contributed by atoms with van der Waals surface area (Å²) in [6, 6.07) is 4.14. The summed E-state index contributed by atoms with van der Waals surface area (Å²) in [4.78, 5) is 12.1. The van der Waals surface area contributed by atoms with Crippen LogP contribution in [-0.4, -0.2) is 25.8 Å². The number of alkyl halides is 2. The van der Waals surface area contributed by atoms with E-state index < -0.39 is 6.61 Å². The lowest BCUT2D eigenvalue weighted by Gasteiger charge is -2.29. The van der Waals surface area contributed by atoms with Gasteiger partial charge in [-0.25, -0.2) is 4.79 Å². The molecule has 2 amide bonds. The van der Waals surface area contributed by atoms with Crippen LogP contribution in [0.5, 0.6) is 11.5 Å². The number of halogens is 2. The second kappa shape index (κ2) is 7.99. The highest BCUT2D eigenvalue weighted by atomic mass is 19.3. The molecule has 0 spiro atoms. The van der Waals surface area contributed by atoms with Gasteiger partial charge in [-0.2, -0.15) is 8.78 Å². The highest BCUT2D eigenvalue weighted by Crippen LogP contribution is 2.31. The molecule has 128 valence electrons. The molecule has 0 aromatic heterocycles. The van der Waals surface area contributed by atoms with Crippen LogP contribution in [0, 0.1) is 5.92 Å². The Balaban J connectivity index is 1.99. The van der Waals surface area contributed by atoms with Crippen molar-refractivity contribution in [2.45, 2.75) is 45.3 Å². The van der Waals surface area contributed by atoms with E-state index in [9.17, 15) is 13.6 Å². The van der Waals surface area contributed by atoms with Crippen LogP contribution in [0.3, 0.4) is 0 Å². The predicted molar refractivity (Wildman–Crippen MR) is 83.2 cm³/mol. The first kappa shape index (κ1) is 17.3. The quantitative estimate of drug-likeness (QED) is 0.859. The Labute approximate surface area is 134 Å². The second-order valence-electron chi connectivity index (χ2n) is 5.71. The number of carbonyl (C=O) groups excluding carboxylic acids is 1. The van der Waals surface area contributed by atoms with E-state index in [4.69, 9.17) is 4.74 Å². The molecule has 1 aliphatic carbocycles. The molecule has 0 bridgehead atoms. The number of rotatable bonds is 5. The maximum atomic E-state index is 12.4. The fraction of sp³-hybridized carbons (Fsp3) is 0.562. The van der Waals surface area contributed by atoms with Crippen molar-refractivity contribution in [3.05, 3.63) is 18.2 Å². The number of carbonyl (C=O) groups is 1. The van der Waals surface area contributed by atoms with Gasteiger partial charge in [0.15, 0.2) is 11.5 Å². The number of methoxy groups -OCH3 is 1. The molecule has 2 N–H and O–H groups in total. The number of ether oxygens (including phenoxy) is 2. The number of nitrogens with one attached hydrogen (secondary N) is 2. The smallest absolute Gasteiger partial charge is 0.387 e. The molecule has 2 atom stereocenters. The summed E-state index contributed by atoms with van der Waals surface area (Å²) in [5.74, 6) is 0.492. The highest BCUT2D eigenvalue weighted by molar-refractivity contribution is 5.89. The monoisotopic (exact) mass is 328 g/mol. The molecule has 0 aliphatic heterocycles. The summed E-state index contributed by atoms with van der Waals surface area (Å²) >= 11 is 0. The molecule has 5 nitrogen and oxygen atoms in total. The maximum Gasteiger partial charge on any atom is 0.387 e. The third-order valence-electron chi connectivity index (χ3n) is 4.07. The lowest BCUT2D eigenvalue weighted by atomic mass is 9.86. The topological polar surface area (TPSA) is 59.6 Å². The number of hydrogen-bond acceptors (Lipinski definition) is 3. The number of hydrogen-bond donors (Lipinski definition) is 2. The van der Waals surface area contributed by atoms with Crippen molar-refractivity contribution >= 4 is 11.7 Å². The molecule has 0 radical (unpaired) electrons. The first-order valence-corrected chi connectivity index (χ1v) is 7.70. The molecule has 23 heavy (non-hydrogen) atoms. The van der Waals surface area contributed by atoms with Gasteiger partial charge in [0.2, 0.25) is 0 Å². The fourth-order valence-corrected chi connectivity index (χ4v) is 2.81. The van der Waals surface area contributed by atoms with Crippen LogP contribution in [0.15, 0.2) is 18.2 Å². The van der Waals surface area contributed by atoms with Crippen molar-refractivity contribution in [3.63, 3.8) is 0 Å². The zero-order valence-corrected chi connectivity index (χ0v) is 13.3. The molecule has 1 aromatic rings. The van der Waals surface area contributed by atoms with Crippen molar-refractivity contribution in [2.24, 2.45) is 5.92 Å². The summed E-state index contributed by atoms with van der Waals surface area (Å²) in [5.41, 5.74) is 0.363. The van der Waals surface area contributed by atoms with Crippen LogP contribution in [0.1, 0.15) is 32.6 Å². The minimum absolute atomic E-state index is 0.119. The van der Waals surface area contributed by atoms with Gasteiger partial charge in [-0.1, -0.05) is 19.8 Å². The van der Waals surface area contributed by atoms with Crippen LogP contribution in [0.4, 0.5) is 19.3 Å². The molecule has 1 fully saturated rings. The van der Waals surface area contributed by atoms with Crippen molar-refractivity contribution in [2.75, 3.05) is 12.4 Å². The molecular formula is C16H22F2N2O3. The molecule has 1 aliphatic rings. The van der Waals surface area contributed by atoms with Crippen LogP contribution in [-0.2, 0) is 0 Å². The van der Waals surface area contributed by atoms with Gasteiger partial charge in [0.05, 0.1) is 7.11 Å². The molecule has 1 saturated carbocycles. The Kier molecular flexibility index (Phi) is 6.01. The van der Waals surface area contributed by atoms with Crippen molar-refractivity contribution in [3.8, 4) is 11.5 Å². The second-order valence-corrected chi connectivity index (χ2v) is 5.71. The van der Waals surface area contributed by atoms with Crippen LogP contribution < -0.4 is 20.1 Å². The summed E-state index contributed by atoms with van der Waals surface area (Å²) in [7, 11) is 1.36. The molecule has 0 heterocycles. The molecular weight excluding hydrogens is 306 g/mol. The lowest BCUT2D eigenvalue weighted by molar-refractivity contribution is -0.0511. The SMILES string of the molecule is COc1ccc(NC(=O)N[C@H]2CCCC[C@H]2C)cc1OC(F)F. The Morgan fingerprint density at radius 1 is 1.26 bits per heavy atom. The standard InChI is InChI=1S/C16H22F2N2O3/c1-10-5-3-4-6-12(10)20-16(21)19-11-7-8-13(22-2)14(9-11)23-15(17)18/h7-10,12,15H,3-6H2,1-2H3,(H2,19,20,21)/t10-,12+/m1/s1. The Morgan fingerprint density at radius 2 is 2.00 bits per heavy atom. The molecule has 0 saturated heterocycles. The van der Waals surface area contributed by atoms with E-state index in [2.05, 4.69) is 22.3 Å². The van der Waals surface area contributed by atoms with E-state index in [-0.39, 0.29) is 23.6 Å². The minimum Gasteiger partial charge on any atom is -0.493 e. The van der Waals surface area contributed by atoms with Gasteiger partial charge < -0.3 is 20.1 Å². The van der Waals surface area contributed by atoms with Crippen molar-refractivity contribution < 1.29 is 23.0 Å². The van der Waals surface area contributed by atoms with E-state index in [1.807, 2.05) is 0 Å². The number of anilines is 1. The summed E-state index contributed by atoms with van der Waals surface area (Å²) in [6.07, 6.45) is 4.34. The van der Waals surface area contributed by atoms with Gasteiger partial charge in [0, 0.05) is 17.8 Å². The summed E-state index contributed by atoms with van der Waals surface area (Å²) in [5, 5.41) is 5.58. The predicted octanol–water partition coefficient (Wildman–Crippen LogP) is 4.00. The van der Waals surface area contributed by atoms with Gasteiger partial charge in [-0.15, -0.1) is 0 Å². The molecule has 0 unspecified atom stereocenters. The van der Waals surface area contributed by atoms with Gasteiger partial charge >= 0.3 is 12.6 Å². The fourth-order valence-electron chi connectivity index (χ4n) is 2.81. The Bertz CT molecular complexity index is 540. The number of urea groups is 1. The maximum absolute atomic E-state index is 12.4. The molecule has 7 heteroatoms. The first-order valence-electron chi connectivity index (χ1n) is 7.70. The van der Waals surface area contributed by atoms with Crippen LogP contribution in [0.2, 0.25) is 0 Å². The summed E-state index contributed by atoms with van der Waals surface area (Å²) in [6.45, 7) is -0.845. The van der Waals surface area contributed by atoms with Crippen molar-refractivity contribution in [1.82, 2.24) is 5.32 Å². The lowest BCUT2D eigenvalue weighted by Crippen LogP contribution is -2.43. The average molecular weight is 328 g/mol. The zero-order valence-electron chi connectivity index (χ0n) is 13.3. The number of benzene rings is 1. The molecule has 2 rings (SSSR count). The molecule has 1 aromatic carbocycles. The first-order chi connectivity index (χ1) is 11.0. The van der Waals surface area contributed by atoms with Crippen molar-refractivity contribution in [1.29, 1.82) is 0 Å². The third-order valence-corrected chi connectivity index (χ3v) is 4.07. The number of amides is 2. The van der Waals surface area contributed by atoms with E-state index in [1.165, 1.54) is 25.7 Å². The van der Waals surface area contributed by atoms with E-state index in [0.29, 0.717) is 11.6 Å². The summed E-state index contributed by atoms with van der Waals surface area (Å²) < 4.78 is 34.2. The van der Waals surface area contributed by atoms with Crippen LogP contribution in [0.25, 0.3) is 0 Å². The zero-order chi connectivity index (χ0) is 16.8. The van der Waals surface area contributed by atoms with Gasteiger partial charge in [-0.3, -0.25) is 0 Å². The van der Waals surface area contributed by atoms with Crippen LogP contribution >= 0.6 is 0 Å². The normalized spacial score (nSPS) is 20.9. The Morgan fingerprint density at radius 3 is 2.65 bits per heavy atom. The van der Waals surface area contributed by atoms with Gasteiger partial charge in [-0.05, 0) is 30.9 Å². The highest BCUT2D eigenvalue weighted by Gasteiger charge is 2.23. The Hall–Kier alpha value is -2.05. The van der Waals surface area contributed by atoms with Gasteiger partial charge in [0.1, 0.15) is 0 Å².